The molecule has 0 bridgehead atoms. The molecule has 0 radical (unpaired) electrons. The number of aliphatic imine (C=N–C) groups is 1. The molecule has 0 aromatic heterocycles. The number of rotatable bonds is 1. The van der Waals surface area contributed by atoms with Crippen molar-refractivity contribution in [3.05, 3.63) is 59.1 Å². The van der Waals surface area contributed by atoms with Crippen LogP contribution in [0.2, 0.25) is 5.02 Å². The van der Waals surface area contributed by atoms with Gasteiger partial charge in [0.25, 0.3) is 0 Å². The summed E-state index contributed by atoms with van der Waals surface area (Å²) in [5.41, 5.74) is 6.31. The molecule has 3 nitrogen and oxygen atoms in total. The summed E-state index contributed by atoms with van der Waals surface area (Å²) in [6.45, 7) is 0.722. The van der Waals surface area contributed by atoms with E-state index < -0.39 is 0 Å². The number of anilines is 1. The van der Waals surface area contributed by atoms with Crippen molar-refractivity contribution >= 4 is 29.3 Å². The topological polar surface area (TPSA) is 27.6 Å². The Hall–Kier alpha value is -2.00. The molecule has 0 fully saturated rings. The van der Waals surface area contributed by atoms with Gasteiger partial charge in [-0.15, -0.1) is 0 Å². The summed E-state index contributed by atoms with van der Waals surface area (Å²) >= 11 is 6.03. The minimum Gasteiger partial charge on any atom is -0.287 e. The van der Waals surface area contributed by atoms with Crippen LogP contribution in [0.1, 0.15) is 5.56 Å². The van der Waals surface area contributed by atoms with Crippen LogP contribution in [0.15, 0.2) is 53.5 Å². The average Bonchev–Trinajstić information content (AvgIpc) is 2.61. The first-order valence-electron chi connectivity index (χ1n) is 5.73. The first kappa shape index (κ1) is 11.1. The molecule has 2 aromatic rings. The zero-order chi connectivity index (χ0) is 12.4. The Morgan fingerprint density at radius 2 is 1.94 bits per heavy atom. The molecule has 0 atom stereocenters. The molecule has 0 unspecified atom stereocenters. The van der Waals surface area contributed by atoms with Crippen LogP contribution in [-0.2, 0) is 6.54 Å². The number of halogens is 1. The van der Waals surface area contributed by atoms with Crippen molar-refractivity contribution in [3.8, 4) is 0 Å². The molecule has 0 aliphatic carbocycles. The predicted octanol–water partition coefficient (Wildman–Crippen LogP) is 3.52. The van der Waals surface area contributed by atoms with Gasteiger partial charge in [0.15, 0.2) is 0 Å². The van der Waals surface area contributed by atoms with Crippen molar-refractivity contribution in [1.82, 2.24) is 5.43 Å². The van der Waals surface area contributed by atoms with E-state index in [4.69, 9.17) is 11.6 Å². The summed E-state index contributed by atoms with van der Waals surface area (Å²) in [5, 5.41) is 2.77. The average molecular weight is 258 g/mol. The summed E-state index contributed by atoms with van der Waals surface area (Å²) in [6, 6.07) is 15.9. The van der Waals surface area contributed by atoms with Crippen molar-refractivity contribution in [2.24, 2.45) is 4.99 Å². The molecule has 18 heavy (non-hydrogen) atoms. The minimum absolute atomic E-state index is 0.722. The SMILES string of the molecule is Clc1ccc2c(c1)CN(c1ccccc1)NC=N2. The molecule has 1 aliphatic rings. The van der Waals surface area contributed by atoms with E-state index in [0.717, 1.165) is 28.5 Å². The summed E-state index contributed by atoms with van der Waals surface area (Å²) < 4.78 is 0. The maximum atomic E-state index is 6.03. The number of benzene rings is 2. The number of para-hydroxylation sites is 1. The molecule has 1 aliphatic heterocycles. The van der Waals surface area contributed by atoms with Gasteiger partial charge in [-0.25, -0.2) is 4.99 Å². The van der Waals surface area contributed by atoms with Gasteiger partial charge in [-0.2, -0.15) is 0 Å². The Kier molecular flexibility index (Phi) is 2.90. The quantitative estimate of drug-likeness (QED) is 0.846. The fourth-order valence-electron chi connectivity index (χ4n) is 1.96. The Labute approximate surface area is 111 Å². The van der Waals surface area contributed by atoms with Crippen LogP contribution < -0.4 is 10.4 Å². The van der Waals surface area contributed by atoms with Gasteiger partial charge in [-0.1, -0.05) is 29.8 Å². The predicted molar refractivity (Wildman–Crippen MR) is 75.4 cm³/mol. The first-order chi connectivity index (χ1) is 8.83. The van der Waals surface area contributed by atoms with Gasteiger partial charge >= 0.3 is 0 Å². The van der Waals surface area contributed by atoms with Gasteiger partial charge in [0.2, 0.25) is 0 Å². The van der Waals surface area contributed by atoms with Gasteiger partial charge in [0.1, 0.15) is 6.34 Å². The van der Waals surface area contributed by atoms with Crippen molar-refractivity contribution in [2.75, 3.05) is 5.01 Å². The van der Waals surface area contributed by atoms with Crippen molar-refractivity contribution in [1.29, 1.82) is 0 Å². The highest BCUT2D eigenvalue weighted by Crippen LogP contribution is 2.27. The van der Waals surface area contributed by atoms with Gasteiger partial charge in [-0.05, 0) is 30.3 Å². The third kappa shape index (κ3) is 2.17. The Bertz CT molecular complexity index is 581. The van der Waals surface area contributed by atoms with Gasteiger partial charge in [0, 0.05) is 10.6 Å². The molecule has 90 valence electrons. The molecule has 0 saturated carbocycles. The Morgan fingerprint density at radius 1 is 1.11 bits per heavy atom. The molecule has 3 rings (SSSR count). The standard InChI is InChI=1S/C14H12ClN3/c15-12-6-7-14-11(8-12)9-18(17-10-16-14)13-4-2-1-3-5-13/h1-8,10H,9H2,(H,16,17). The lowest BCUT2D eigenvalue weighted by molar-refractivity contribution is 0.783. The molecule has 2 aromatic carbocycles. The number of nitrogens with one attached hydrogen (secondary N) is 1. The lowest BCUT2D eigenvalue weighted by Crippen LogP contribution is -2.35. The molecule has 4 heteroatoms. The van der Waals surface area contributed by atoms with Crippen LogP contribution in [0.3, 0.4) is 0 Å². The van der Waals surface area contributed by atoms with Gasteiger partial charge in [-0.3, -0.25) is 10.4 Å². The smallest absolute Gasteiger partial charge is 0.107 e. The summed E-state index contributed by atoms with van der Waals surface area (Å²) in [6.07, 6.45) is 1.70. The Morgan fingerprint density at radius 3 is 2.78 bits per heavy atom. The number of hydrogen-bond acceptors (Lipinski definition) is 3. The second kappa shape index (κ2) is 4.70. The van der Waals surface area contributed by atoms with Crippen LogP contribution in [0, 0.1) is 0 Å². The fraction of sp³-hybridized carbons (Fsp3) is 0.0714. The van der Waals surface area contributed by atoms with Gasteiger partial charge in [0.05, 0.1) is 17.9 Å². The number of nitrogens with zero attached hydrogens (tertiary/aromatic N) is 2. The summed E-state index contributed by atoms with van der Waals surface area (Å²) in [5.74, 6) is 0. The molecule has 1 heterocycles. The highest BCUT2D eigenvalue weighted by atomic mass is 35.5. The normalized spacial score (nSPS) is 13.7. The monoisotopic (exact) mass is 257 g/mol. The molecule has 1 N–H and O–H groups in total. The third-order valence-corrected chi connectivity index (χ3v) is 3.09. The zero-order valence-electron chi connectivity index (χ0n) is 9.68. The lowest BCUT2D eigenvalue weighted by atomic mass is 10.1. The molecule has 0 spiro atoms. The van der Waals surface area contributed by atoms with E-state index in [-0.39, 0.29) is 0 Å². The maximum Gasteiger partial charge on any atom is 0.107 e. The van der Waals surface area contributed by atoms with Crippen LogP contribution >= 0.6 is 11.6 Å². The van der Waals surface area contributed by atoms with Crippen molar-refractivity contribution in [3.63, 3.8) is 0 Å². The van der Waals surface area contributed by atoms with Crippen LogP contribution in [0.5, 0.6) is 0 Å². The minimum atomic E-state index is 0.722. The van der Waals surface area contributed by atoms with Crippen LogP contribution in [-0.4, -0.2) is 6.34 Å². The van der Waals surface area contributed by atoms with Crippen molar-refractivity contribution in [2.45, 2.75) is 6.54 Å². The molecule has 0 amide bonds. The Balaban J connectivity index is 1.96. The molecule has 0 saturated heterocycles. The third-order valence-electron chi connectivity index (χ3n) is 2.86. The number of hydrogen-bond donors (Lipinski definition) is 1. The van der Waals surface area contributed by atoms with Crippen molar-refractivity contribution < 1.29 is 0 Å². The van der Waals surface area contributed by atoms with Crippen LogP contribution in [0.25, 0.3) is 0 Å². The second-order valence-electron chi connectivity index (χ2n) is 4.08. The number of fused-ring (bicyclic) bond motifs is 1. The van der Waals surface area contributed by atoms with Crippen LogP contribution in [0.4, 0.5) is 11.4 Å². The van der Waals surface area contributed by atoms with E-state index in [1.807, 2.05) is 41.4 Å². The largest absolute Gasteiger partial charge is 0.287 e. The zero-order valence-corrected chi connectivity index (χ0v) is 10.4. The van der Waals surface area contributed by atoms with E-state index in [1.54, 1.807) is 6.34 Å². The number of hydrazine groups is 1. The molecular weight excluding hydrogens is 246 g/mol. The molecular formula is C14H12ClN3. The second-order valence-corrected chi connectivity index (χ2v) is 4.52. The fourth-order valence-corrected chi connectivity index (χ4v) is 2.16. The summed E-state index contributed by atoms with van der Waals surface area (Å²) in [7, 11) is 0. The van der Waals surface area contributed by atoms with E-state index in [9.17, 15) is 0 Å². The van der Waals surface area contributed by atoms with E-state index >= 15 is 0 Å². The first-order valence-corrected chi connectivity index (χ1v) is 6.10. The van der Waals surface area contributed by atoms with E-state index in [1.165, 1.54) is 0 Å². The highest BCUT2D eigenvalue weighted by molar-refractivity contribution is 6.30. The highest BCUT2D eigenvalue weighted by Gasteiger charge is 2.12. The maximum absolute atomic E-state index is 6.03. The van der Waals surface area contributed by atoms with E-state index in [0.29, 0.717) is 0 Å². The van der Waals surface area contributed by atoms with Gasteiger partial charge < -0.3 is 0 Å². The summed E-state index contributed by atoms with van der Waals surface area (Å²) in [4.78, 5) is 4.37. The van der Waals surface area contributed by atoms with E-state index in [2.05, 4.69) is 22.6 Å². The lowest BCUT2D eigenvalue weighted by Gasteiger charge is -2.22.